The first-order valence-electron chi connectivity index (χ1n) is 13.7. The second kappa shape index (κ2) is 10.8. The summed E-state index contributed by atoms with van der Waals surface area (Å²) < 4.78 is 1.92. The molecule has 0 aliphatic carbocycles. The number of anilines is 3. The molecule has 2 aromatic carbocycles. The number of nitrogens with one attached hydrogen (secondary N) is 1. The van der Waals surface area contributed by atoms with Crippen LogP contribution in [0.4, 0.5) is 17.1 Å². The van der Waals surface area contributed by atoms with E-state index < -0.39 is 0 Å². The van der Waals surface area contributed by atoms with E-state index in [1.807, 2.05) is 78.4 Å². The lowest BCUT2D eigenvalue weighted by Crippen LogP contribution is -2.47. The van der Waals surface area contributed by atoms with Crippen LogP contribution in [0.1, 0.15) is 50.5 Å². The molecule has 0 saturated carbocycles. The van der Waals surface area contributed by atoms with Crippen LogP contribution in [0.3, 0.4) is 0 Å². The largest absolute Gasteiger partial charge is 0.369 e. The maximum absolute atomic E-state index is 13.7. The predicted molar refractivity (Wildman–Crippen MR) is 161 cm³/mol. The number of nitrogens with zero attached hydrogens (tertiary/aromatic N) is 3. The Morgan fingerprint density at radius 2 is 1.85 bits per heavy atom. The van der Waals surface area contributed by atoms with Crippen molar-refractivity contribution in [2.45, 2.75) is 32.7 Å². The van der Waals surface area contributed by atoms with Crippen LogP contribution in [-0.4, -0.2) is 36.0 Å². The standard InChI is InChI=1S/C32H32N4O3S/c1-3-35(25-8-4-7-21(2)15-25)32(39)23-12-13-28(26(17-23)33-31(38)29-10-6-14-40-29)34-18-22-16-24(20-34)27-9-5-11-30(37)36(27)19-22/h4-15,17,22,24H,3,16,18-20H2,1-2H3,(H,33,38)/t22-,24+/m1/s1. The van der Waals surface area contributed by atoms with E-state index in [0.717, 1.165) is 42.1 Å². The number of thiophene rings is 1. The lowest BCUT2D eigenvalue weighted by atomic mass is 9.83. The highest BCUT2D eigenvalue weighted by atomic mass is 32.1. The van der Waals surface area contributed by atoms with Gasteiger partial charge in [0.25, 0.3) is 17.4 Å². The average Bonchev–Trinajstić information content (AvgIpc) is 3.49. The summed E-state index contributed by atoms with van der Waals surface area (Å²) in [7, 11) is 0. The zero-order valence-electron chi connectivity index (χ0n) is 22.7. The number of benzene rings is 2. The maximum atomic E-state index is 13.7. The van der Waals surface area contributed by atoms with Gasteiger partial charge < -0.3 is 19.7 Å². The molecule has 2 amide bonds. The van der Waals surface area contributed by atoms with Gasteiger partial charge in [-0.15, -0.1) is 11.3 Å². The van der Waals surface area contributed by atoms with Crippen LogP contribution in [-0.2, 0) is 6.54 Å². The Balaban J connectivity index is 1.35. The van der Waals surface area contributed by atoms with Crippen LogP contribution in [0.5, 0.6) is 0 Å². The molecule has 204 valence electrons. The van der Waals surface area contributed by atoms with Crippen molar-refractivity contribution in [1.82, 2.24) is 4.57 Å². The molecule has 4 heterocycles. The first-order valence-corrected chi connectivity index (χ1v) is 14.6. The molecule has 1 saturated heterocycles. The number of rotatable bonds is 6. The van der Waals surface area contributed by atoms with Crippen LogP contribution in [0.2, 0.25) is 0 Å². The number of aromatic nitrogens is 1. The van der Waals surface area contributed by atoms with Crippen LogP contribution in [0, 0.1) is 12.8 Å². The quantitative estimate of drug-likeness (QED) is 0.330. The van der Waals surface area contributed by atoms with Gasteiger partial charge in [-0.2, -0.15) is 0 Å². The van der Waals surface area contributed by atoms with E-state index in [1.54, 1.807) is 17.0 Å². The molecule has 2 bridgehead atoms. The molecule has 40 heavy (non-hydrogen) atoms. The number of piperidine rings is 1. The Morgan fingerprint density at radius 3 is 2.62 bits per heavy atom. The smallest absolute Gasteiger partial charge is 0.265 e. The SMILES string of the molecule is CCN(C(=O)c1ccc(N2C[C@H]3C[C@@H](C2)c2cccc(=O)n2C3)c(NC(=O)c2cccs2)c1)c1cccc(C)c1. The number of carbonyl (C=O) groups excluding carboxylic acids is 2. The van der Waals surface area contributed by atoms with Gasteiger partial charge in [-0.3, -0.25) is 14.4 Å². The van der Waals surface area contributed by atoms with Gasteiger partial charge in [-0.25, -0.2) is 0 Å². The molecule has 1 N–H and O–H groups in total. The van der Waals surface area contributed by atoms with Crippen molar-refractivity contribution < 1.29 is 9.59 Å². The number of fused-ring (bicyclic) bond motifs is 4. The van der Waals surface area contributed by atoms with Crippen molar-refractivity contribution in [3.05, 3.63) is 110 Å². The second-order valence-electron chi connectivity index (χ2n) is 10.7. The molecule has 2 aromatic heterocycles. The lowest BCUT2D eigenvalue weighted by molar-refractivity contribution is 0.0985. The summed E-state index contributed by atoms with van der Waals surface area (Å²) >= 11 is 1.38. The van der Waals surface area contributed by atoms with Gasteiger partial charge >= 0.3 is 0 Å². The number of carbonyl (C=O) groups is 2. The summed E-state index contributed by atoms with van der Waals surface area (Å²) in [4.78, 5) is 44.1. The minimum Gasteiger partial charge on any atom is -0.369 e. The van der Waals surface area contributed by atoms with E-state index in [2.05, 4.69) is 16.3 Å². The molecule has 0 spiro atoms. The molecule has 0 unspecified atom stereocenters. The number of hydrogen-bond acceptors (Lipinski definition) is 5. The Morgan fingerprint density at radius 1 is 1.00 bits per heavy atom. The molecule has 2 atom stereocenters. The number of aryl methyl sites for hydroxylation is 1. The molecule has 6 rings (SSSR count). The molecule has 8 heteroatoms. The minimum absolute atomic E-state index is 0.0569. The van der Waals surface area contributed by atoms with Crippen molar-refractivity contribution in [1.29, 1.82) is 0 Å². The van der Waals surface area contributed by atoms with Crippen molar-refractivity contribution in [3.63, 3.8) is 0 Å². The van der Waals surface area contributed by atoms with Gasteiger partial charge in [0.15, 0.2) is 0 Å². The van der Waals surface area contributed by atoms with Crippen molar-refractivity contribution in [3.8, 4) is 0 Å². The molecule has 7 nitrogen and oxygen atoms in total. The van der Waals surface area contributed by atoms with E-state index in [4.69, 9.17) is 0 Å². The summed E-state index contributed by atoms with van der Waals surface area (Å²) in [5, 5.41) is 4.99. The van der Waals surface area contributed by atoms with Gasteiger partial charge in [0.2, 0.25) is 0 Å². The zero-order valence-corrected chi connectivity index (χ0v) is 23.5. The first kappa shape index (κ1) is 26.1. The van der Waals surface area contributed by atoms with Gasteiger partial charge in [-0.1, -0.05) is 24.3 Å². The van der Waals surface area contributed by atoms with Crippen molar-refractivity contribution >= 4 is 40.2 Å². The Kier molecular flexibility index (Phi) is 7.02. The summed E-state index contributed by atoms with van der Waals surface area (Å²) in [5.41, 5.74) is 5.09. The van der Waals surface area contributed by atoms with E-state index >= 15 is 0 Å². The summed E-state index contributed by atoms with van der Waals surface area (Å²) in [5.74, 6) is 0.238. The Hall–Kier alpha value is -4.17. The normalized spacial score (nSPS) is 17.7. The topological polar surface area (TPSA) is 74.7 Å². The van der Waals surface area contributed by atoms with Crippen LogP contribution >= 0.6 is 11.3 Å². The average molecular weight is 553 g/mol. The highest BCUT2D eigenvalue weighted by Gasteiger charge is 2.35. The maximum Gasteiger partial charge on any atom is 0.265 e. The van der Waals surface area contributed by atoms with E-state index in [0.29, 0.717) is 35.1 Å². The molecule has 0 radical (unpaired) electrons. The summed E-state index contributed by atoms with van der Waals surface area (Å²) in [6.45, 7) is 6.70. The Labute approximate surface area is 237 Å². The van der Waals surface area contributed by atoms with Gasteiger partial charge in [0.05, 0.1) is 16.3 Å². The number of pyridine rings is 1. The number of hydrogen-bond donors (Lipinski definition) is 1. The Bertz CT molecular complexity index is 1630. The van der Waals surface area contributed by atoms with Gasteiger partial charge in [0, 0.05) is 55.1 Å². The monoisotopic (exact) mass is 552 g/mol. The summed E-state index contributed by atoms with van der Waals surface area (Å²) in [6.07, 6.45) is 1.04. The molecular weight excluding hydrogens is 520 g/mol. The predicted octanol–water partition coefficient (Wildman–Crippen LogP) is 5.76. The highest BCUT2D eigenvalue weighted by molar-refractivity contribution is 7.12. The third-order valence-corrected chi connectivity index (χ3v) is 8.80. The molecule has 1 fully saturated rings. The van der Waals surface area contributed by atoms with Crippen molar-refractivity contribution in [2.75, 3.05) is 34.8 Å². The van der Waals surface area contributed by atoms with Crippen LogP contribution in [0.25, 0.3) is 0 Å². The fourth-order valence-corrected chi connectivity index (χ4v) is 6.74. The van der Waals surface area contributed by atoms with Crippen molar-refractivity contribution in [2.24, 2.45) is 5.92 Å². The van der Waals surface area contributed by atoms with E-state index in [-0.39, 0.29) is 23.3 Å². The van der Waals surface area contributed by atoms with Crippen LogP contribution < -0.4 is 20.7 Å². The highest BCUT2D eigenvalue weighted by Crippen LogP contribution is 2.39. The van der Waals surface area contributed by atoms with Gasteiger partial charge in [-0.05, 0) is 79.6 Å². The van der Waals surface area contributed by atoms with Gasteiger partial charge in [0.1, 0.15) is 0 Å². The summed E-state index contributed by atoms with van der Waals surface area (Å²) in [6, 6.07) is 22.7. The first-order chi connectivity index (χ1) is 19.4. The number of amides is 2. The molecule has 2 aliphatic rings. The third kappa shape index (κ3) is 4.95. The lowest BCUT2D eigenvalue weighted by Gasteiger charge is -2.44. The zero-order chi connectivity index (χ0) is 27.8. The fraction of sp³-hybridized carbons (Fsp3) is 0.281. The second-order valence-corrected chi connectivity index (χ2v) is 11.6. The minimum atomic E-state index is -0.194. The fourth-order valence-electron chi connectivity index (χ4n) is 6.12. The van der Waals surface area contributed by atoms with Crippen LogP contribution in [0.15, 0.2) is 83.0 Å². The molecule has 4 aromatic rings. The molecule has 2 aliphatic heterocycles. The van der Waals surface area contributed by atoms with E-state index in [1.165, 1.54) is 11.3 Å². The molecular formula is C32H32N4O3S. The van der Waals surface area contributed by atoms with E-state index in [9.17, 15) is 14.4 Å². The third-order valence-electron chi connectivity index (χ3n) is 7.93.